The number of nitrogens with zero attached hydrogens (tertiary/aromatic N) is 2. The Balaban J connectivity index is 0.000000255. The SMILES string of the molecule is C.Cc1ccc(F)cc1F.Oc1ccc(C(O)CN2CC3CC(O)CC3C2)nc1. The number of aromatic nitrogens is 1. The lowest BCUT2D eigenvalue weighted by atomic mass is 10.0. The Bertz CT molecular complexity index is 774. The number of benzene rings is 1. The van der Waals surface area contributed by atoms with E-state index in [1.807, 2.05) is 0 Å². The Labute approximate surface area is 170 Å². The van der Waals surface area contributed by atoms with Crippen molar-refractivity contribution in [3.63, 3.8) is 0 Å². The standard InChI is InChI=1S/C14H20N2O3.C7H6F2.CH4/c17-11-1-2-13(15-5-11)14(19)8-16-6-9-3-12(18)4-10(9)7-16;1-5-2-3-6(8)4-7(5)9;/h1-2,5,9-10,12,14,17-19H,3-4,6-8H2;2-4H,1H3;1H4. The number of fused-ring (bicyclic) bond motifs is 1. The highest BCUT2D eigenvalue weighted by atomic mass is 19.1. The first-order valence-corrected chi connectivity index (χ1v) is 9.47. The van der Waals surface area contributed by atoms with Gasteiger partial charge in [0.05, 0.1) is 18.0 Å². The highest BCUT2D eigenvalue weighted by Crippen LogP contribution is 2.38. The lowest BCUT2D eigenvalue weighted by Gasteiger charge is -2.21. The molecule has 0 bridgehead atoms. The zero-order chi connectivity index (χ0) is 20.3. The molecule has 0 radical (unpaired) electrons. The average Bonchev–Trinajstić information content (AvgIpc) is 3.16. The predicted octanol–water partition coefficient (Wildman–Crippen LogP) is 3.43. The molecule has 1 aliphatic carbocycles. The lowest BCUT2D eigenvalue weighted by molar-refractivity contribution is 0.110. The third-order valence-electron chi connectivity index (χ3n) is 5.48. The Morgan fingerprint density at radius 2 is 1.79 bits per heavy atom. The van der Waals surface area contributed by atoms with Crippen molar-refractivity contribution in [2.24, 2.45) is 11.8 Å². The third-order valence-corrected chi connectivity index (χ3v) is 5.48. The number of aliphatic hydroxyl groups is 2. The molecule has 1 saturated carbocycles. The number of halogens is 2. The van der Waals surface area contributed by atoms with E-state index in [0.29, 0.717) is 29.6 Å². The molecule has 3 N–H and O–H groups in total. The van der Waals surface area contributed by atoms with E-state index >= 15 is 0 Å². The maximum Gasteiger partial charge on any atom is 0.133 e. The van der Waals surface area contributed by atoms with Crippen molar-refractivity contribution in [3.05, 3.63) is 59.4 Å². The first kappa shape index (κ1) is 23.2. The number of likely N-dealkylation sites (tertiary alicyclic amines) is 1. The van der Waals surface area contributed by atoms with E-state index in [0.717, 1.165) is 32.0 Å². The fraction of sp³-hybridized carbons (Fsp3) is 0.500. The number of hydrogen-bond acceptors (Lipinski definition) is 5. The van der Waals surface area contributed by atoms with Crippen LogP contribution >= 0.6 is 0 Å². The number of aryl methyl sites for hydroxylation is 1. The van der Waals surface area contributed by atoms with Gasteiger partial charge < -0.3 is 15.3 Å². The Hall–Kier alpha value is -2.09. The molecule has 0 amide bonds. The lowest BCUT2D eigenvalue weighted by Crippen LogP contribution is -2.28. The minimum Gasteiger partial charge on any atom is -0.506 e. The highest BCUT2D eigenvalue weighted by molar-refractivity contribution is 5.19. The zero-order valence-corrected chi connectivity index (χ0v) is 15.8. The fourth-order valence-electron chi connectivity index (χ4n) is 4.01. The molecule has 3 atom stereocenters. The number of β-amino-alcohol motifs (C(OH)–C–C–N with tert-alkyl or cyclic N) is 1. The van der Waals surface area contributed by atoms with Crippen LogP contribution in [0.2, 0.25) is 0 Å². The number of aromatic hydroxyl groups is 1. The molecule has 5 nitrogen and oxygen atoms in total. The Morgan fingerprint density at radius 3 is 2.31 bits per heavy atom. The summed E-state index contributed by atoms with van der Waals surface area (Å²) in [6, 6.07) is 6.71. The summed E-state index contributed by atoms with van der Waals surface area (Å²) in [5.41, 5.74) is 1.06. The molecule has 2 heterocycles. The van der Waals surface area contributed by atoms with Crippen LogP contribution in [0.15, 0.2) is 36.5 Å². The van der Waals surface area contributed by atoms with Crippen molar-refractivity contribution in [3.8, 4) is 5.75 Å². The van der Waals surface area contributed by atoms with Gasteiger partial charge in [-0.15, -0.1) is 0 Å². The largest absolute Gasteiger partial charge is 0.506 e. The maximum absolute atomic E-state index is 12.3. The molecule has 0 spiro atoms. The van der Waals surface area contributed by atoms with Gasteiger partial charge in [-0.25, -0.2) is 8.78 Å². The quantitative estimate of drug-likeness (QED) is 0.725. The molecule has 2 fully saturated rings. The smallest absolute Gasteiger partial charge is 0.133 e. The second-order valence-corrected chi connectivity index (χ2v) is 7.71. The summed E-state index contributed by atoms with van der Waals surface area (Å²) < 4.78 is 24.4. The van der Waals surface area contributed by atoms with Gasteiger partial charge in [0.15, 0.2) is 0 Å². The van der Waals surface area contributed by atoms with Crippen LogP contribution in [0.3, 0.4) is 0 Å². The first-order chi connectivity index (χ1) is 13.3. The second-order valence-electron chi connectivity index (χ2n) is 7.71. The van der Waals surface area contributed by atoms with Gasteiger partial charge >= 0.3 is 0 Å². The van der Waals surface area contributed by atoms with Crippen LogP contribution in [0.5, 0.6) is 5.75 Å². The van der Waals surface area contributed by atoms with Crippen LogP contribution in [-0.2, 0) is 0 Å². The summed E-state index contributed by atoms with van der Waals surface area (Å²) in [5, 5.41) is 28.9. The average molecular weight is 408 g/mol. The first-order valence-electron chi connectivity index (χ1n) is 9.47. The molecule has 29 heavy (non-hydrogen) atoms. The van der Waals surface area contributed by atoms with E-state index in [1.165, 1.54) is 18.3 Å². The molecule has 1 saturated heterocycles. The van der Waals surface area contributed by atoms with Crippen LogP contribution in [0, 0.1) is 30.4 Å². The van der Waals surface area contributed by atoms with E-state index in [2.05, 4.69) is 9.88 Å². The van der Waals surface area contributed by atoms with Crippen LogP contribution < -0.4 is 0 Å². The summed E-state index contributed by atoms with van der Waals surface area (Å²) in [6.45, 7) is 4.07. The van der Waals surface area contributed by atoms with Crippen LogP contribution in [0.1, 0.15) is 37.6 Å². The molecule has 1 aromatic carbocycles. The summed E-state index contributed by atoms with van der Waals surface area (Å²) in [7, 11) is 0. The van der Waals surface area contributed by atoms with Gasteiger partial charge in [-0.2, -0.15) is 0 Å². The second kappa shape index (κ2) is 10.1. The van der Waals surface area contributed by atoms with Crippen molar-refractivity contribution < 1.29 is 24.1 Å². The van der Waals surface area contributed by atoms with Crippen molar-refractivity contribution in [2.45, 2.75) is 39.4 Å². The topological polar surface area (TPSA) is 76.8 Å². The van der Waals surface area contributed by atoms with Crippen molar-refractivity contribution in [2.75, 3.05) is 19.6 Å². The number of aliphatic hydroxyl groups excluding tert-OH is 2. The minimum absolute atomic E-state index is 0. The monoisotopic (exact) mass is 408 g/mol. The third kappa shape index (κ3) is 6.19. The minimum atomic E-state index is -0.621. The summed E-state index contributed by atoms with van der Waals surface area (Å²) in [6.07, 6.45) is 2.40. The van der Waals surface area contributed by atoms with Crippen LogP contribution in [0.4, 0.5) is 8.78 Å². The van der Waals surface area contributed by atoms with Gasteiger partial charge in [0.1, 0.15) is 23.5 Å². The molecule has 3 unspecified atom stereocenters. The molecule has 2 aromatic rings. The molecular weight excluding hydrogens is 378 g/mol. The molecule has 1 aromatic heterocycles. The molecular formula is C22H30F2N2O3. The zero-order valence-electron chi connectivity index (χ0n) is 15.8. The van der Waals surface area contributed by atoms with E-state index in [-0.39, 0.29) is 19.3 Å². The predicted molar refractivity (Wildman–Crippen MR) is 107 cm³/mol. The number of hydrogen-bond donors (Lipinski definition) is 3. The van der Waals surface area contributed by atoms with E-state index in [9.17, 15) is 24.1 Å². The molecule has 1 aliphatic heterocycles. The summed E-state index contributed by atoms with van der Waals surface area (Å²) in [5.74, 6) is 0.249. The van der Waals surface area contributed by atoms with Gasteiger partial charge in [0.25, 0.3) is 0 Å². The van der Waals surface area contributed by atoms with Crippen molar-refractivity contribution in [1.29, 1.82) is 0 Å². The van der Waals surface area contributed by atoms with Crippen molar-refractivity contribution in [1.82, 2.24) is 9.88 Å². The van der Waals surface area contributed by atoms with E-state index in [1.54, 1.807) is 19.1 Å². The summed E-state index contributed by atoms with van der Waals surface area (Å²) in [4.78, 5) is 6.29. The fourth-order valence-corrected chi connectivity index (χ4v) is 4.01. The van der Waals surface area contributed by atoms with Crippen molar-refractivity contribution >= 4 is 0 Å². The number of pyridine rings is 1. The maximum atomic E-state index is 12.3. The van der Waals surface area contributed by atoms with Crippen LogP contribution in [-0.4, -0.2) is 50.9 Å². The van der Waals surface area contributed by atoms with E-state index < -0.39 is 17.7 Å². The Morgan fingerprint density at radius 1 is 1.14 bits per heavy atom. The van der Waals surface area contributed by atoms with Gasteiger partial charge in [-0.05, 0) is 55.4 Å². The summed E-state index contributed by atoms with van der Waals surface area (Å²) >= 11 is 0. The van der Waals surface area contributed by atoms with E-state index in [4.69, 9.17) is 0 Å². The highest BCUT2D eigenvalue weighted by Gasteiger charge is 2.40. The molecule has 160 valence electrons. The molecule has 4 rings (SSSR count). The molecule has 2 aliphatic rings. The number of rotatable bonds is 3. The molecule has 7 heteroatoms. The van der Waals surface area contributed by atoms with Crippen LogP contribution in [0.25, 0.3) is 0 Å². The Kier molecular flexibility index (Phi) is 8.07. The van der Waals surface area contributed by atoms with Gasteiger partial charge in [-0.1, -0.05) is 13.5 Å². The normalized spacial score (nSPS) is 24.2. The van der Waals surface area contributed by atoms with Gasteiger partial charge in [0, 0.05) is 25.7 Å². The van der Waals surface area contributed by atoms with Gasteiger partial charge in [-0.3, -0.25) is 9.88 Å². The van der Waals surface area contributed by atoms with Gasteiger partial charge in [0.2, 0.25) is 0 Å².